The van der Waals surface area contributed by atoms with Gasteiger partial charge in [0.1, 0.15) is 6.10 Å². The SMILES string of the molecule is CC1Oc2ccccc2OC1C(=O)NC(C)(C)C(C)(C)O. The predicted molar refractivity (Wildman–Crippen MR) is 79.5 cm³/mol. The number of nitrogens with one attached hydrogen (secondary N) is 1. The molecule has 0 bridgehead atoms. The second-order valence-corrected chi connectivity index (χ2v) is 6.48. The Labute approximate surface area is 125 Å². The first kappa shape index (κ1) is 15.6. The highest BCUT2D eigenvalue weighted by atomic mass is 16.6. The van der Waals surface area contributed by atoms with Gasteiger partial charge in [0.15, 0.2) is 11.5 Å². The molecule has 0 radical (unpaired) electrons. The molecule has 1 aromatic carbocycles. The summed E-state index contributed by atoms with van der Waals surface area (Å²) >= 11 is 0. The Kier molecular flexibility index (Phi) is 3.89. The van der Waals surface area contributed by atoms with Crippen molar-refractivity contribution in [3.8, 4) is 11.5 Å². The van der Waals surface area contributed by atoms with Gasteiger partial charge in [0.05, 0.1) is 11.1 Å². The van der Waals surface area contributed by atoms with Gasteiger partial charge in [-0.05, 0) is 46.8 Å². The Hall–Kier alpha value is -1.75. The molecule has 0 saturated heterocycles. The number of ether oxygens (including phenoxy) is 2. The van der Waals surface area contributed by atoms with Crippen molar-refractivity contribution < 1.29 is 19.4 Å². The van der Waals surface area contributed by atoms with E-state index in [1.54, 1.807) is 46.8 Å². The van der Waals surface area contributed by atoms with E-state index in [2.05, 4.69) is 5.32 Å². The number of benzene rings is 1. The monoisotopic (exact) mass is 293 g/mol. The summed E-state index contributed by atoms with van der Waals surface area (Å²) in [5.41, 5.74) is -1.84. The summed E-state index contributed by atoms with van der Waals surface area (Å²) in [5, 5.41) is 13.0. The summed E-state index contributed by atoms with van der Waals surface area (Å²) in [6, 6.07) is 7.25. The first-order chi connectivity index (χ1) is 9.62. The van der Waals surface area contributed by atoms with Crippen molar-refractivity contribution >= 4 is 5.91 Å². The van der Waals surface area contributed by atoms with Crippen LogP contribution in [0.5, 0.6) is 11.5 Å². The van der Waals surface area contributed by atoms with Crippen LogP contribution in [0.1, 0.15) is 34.6 Å². The van der Waals surface area contributed by atoms with E-state index in [4.69, 9.17) is 9.47 Å². The van der Waals surface area contributed by atoms with Gasteiger partial charge in [-0.15, -0.1) is 0 Å². The molecule has 0 fully saturated rings. The molecule has 2 atom stereocenters. The molecule has 1 aromatic rings. The van der Waals surface area contributed by atoms with Gasteiger partial charge in [-0.2, -0.15) is 0 Å². The fourth-order valence-corrected chi connectivity index (χ4v) is 1.94. The lowest BCUT2D eigenvalue weighted by molar-refractivity contribution is -0.138. The summed E-state index contributed by atoms with van der Waals surface area (Å²) in [5.74, 6) is 0.886. The summed E-state index contributed by atoms with van der Waals surface area (Å²) in [6.07, 6.45) is -1.15. The van der Waals surface area contributed by atoms with E-state index < -0.39 is 23.3 Å². The largest absolute Gasteiger partial charge is 0.482 e. The van der Waals surface area contributed by atoms with Crippen LogP contribution in [0.2, 0.25) is 0 Å². The molecular formula is C16H23NO4. The van der Waals surface area contributed by atoms with Crippen molar-refractivity contribution in [1.29, 1.82) is 0 Å². The van der Waals surface area contributed by atoms with Gasteiger partial charge in [-0.3, -0.25) is 4.79 Å². The van der Waals surface area contributed by atoms with Crippen LogP contribution in [0.15, 0.2) is 24.3 Å². The molecule has 1 amide bonds. The number of rotatable bonds is 3. The number of hydrogen-bond donors (Lipinski definition) is 2. The van der Waals surface area contributed by atoms with E-state index in [1.807, 2.05) is 12.1 Å². The van der Waals surface area contributed by atoms with Crippen LogP contribution < -0.4 is 14.8 Å². The quantitative estimate of drug-likeness (QED) is 0.893. The summed E-state index contributed by atoms with van der Waals surface area (Å²) in [4.78, 5) is 12.5. The van der Waals surface area contributed by atoms with Gasteiger partial charge in [-0.1, -0.05) is 12.1 Å². The Morgan fingerprint density at radius 3 is 2.19 bits per heavy atom. The van der Waals surface area contributed by atoms with Crippen LogP contribution in [0.25, 0.3) is 0 Å². The summed E-state index contributed by atoms with van der Waals surface area (Å²) < 4.78 is 11.5. The maximum atomic E-state index is 12.5. The molecule has 21 heavy (non-hydrogen) atoms. The minimum atomic E-state index is -1.06. The highest BCUT2D eigenvalue weighted by Crippen LogP contribution is 2.33. The van der Waals surface area contributed by atoms with E-state index >= 15 is 0 Å². The molecule has 116 valence electrons. The summed E-state index contributed by atoms with van der Waals surface area (Å²) in [7, 11) is 0. The van der Waals surface area contributed by atoms with Crippen LogP contribution in [0.3, 0.4) is 0 Å². The van der Waals surface area contributed by atoms with Crippen LogP contribution in [0, 0.1) is 0 Å². The Morgan fingerprint density at radius 1 is 1.14 bits per heavy atom. The predicted octanol–water partition coefficient (Wildman–Crippen LogP) is 1.88. The number of carbonyl (C=O) groups excluding carboxylic acids is 1. The van der Waals surface area contributed by atoms with E-state index in [9.17, 15) is 9.90 Å². The molecule has 1 aliphatic heterocycles. The molecule has 0 saturated carbocycles. The van der Waals surface area contributed by atoms with Crippen LogP contribution in [0.4, 0.5) is 0 Å². The van der Waals surface area contributed by atoms with E-state index in [0.717, 1.165) is 0 Å². The lowest BCUT2D eigenvalue weighted by Crippen LogP contribution is -2.62. The van der Waals surface area contributed by atoms with Crippen LogP contribution in [-0.4, -0.2) is 34.4 Å². The highest BCUT2D eigenvalue weighted by Gasteiger charge is 2.41. The third kappa shape index (κ3) is 3.13. The van der Waals surface area contributed by atoms with Crippen molar-refractivity contribution in [2.75, 3.05) is 0 Å². The third-order valence-electron chi connectivity index (χ3n) is 4.07. The standard InChI is InChI=1S/C16H23NO4/c1-10-13(14(18)17-15(2,3)16(4,5)19)21-12-9-7-6-8-11(12)20-10/h6-10,13,19H,1-5H3,(H,17,18). The van der Waals surface area contributed by atoms with Gasteiger partial charge in [0, 0.05) is 0 Å². The van der Waals surface area contributed by atoms with Crippen molar-refractivity contribution in [1.82, 2.24) is 5.32 Å². The zero-order chi connectivity index (χ0) is 15.8. The fraction of sp³-hybridized carbons (Fsp3) is 0.562. The summed E-state index contributed by atoms with van der Waals surface area (Å²) in [6.45, 7) is 8.64. The highest BCUT2D eigenvalue weighted by molar-refractivity contribution is 5.83. The number of aliphatic hydroxyl groups is 1. The first-order valence-corrected chi connectivity index (χ1v) is 7.08. The molecule has 0 aromatic heterocycles. The van der Waals surface area contributed by atoms with Crippen molar-refractivity contribution in [2.45, 2.75) is 58.0 Å². The lowest BCUT2D eigenvalue weighted by Gasteiger charge is -2.40. The molecular weight excluding hydrogens is 270 g/mol. The van der Waals surface area contributed by atoms with Crippen LogP contribution >= 0.6 is 0 Å². The molecule has 0 spiro atoms. The van der Waals surface area contributed by atoms with Gasteiger partial charge >= 0.3 is 0 Å². The van der Waals surface area contributed by atoms with Gasteiger partial charge in [-0.25, -0.2) is 0 Å². The van der Waals surface area contributed by atoms with Gasteiger partial charge in [0.25, 0.3) is 5.91 Å². The van der Waals surface area contributed by atoms with E-state index in [-0.39, 0.29) is 5.91 Å². The topological polar surface area (TPSA) is 67.8 Å². The second-order valence-electron chi connectivity index (χ2n) is 6.48. The minimum absolute atomic E-state index is 0.302. The van der Waals surface area contributed by atoms with Gasteiger partial charge < -0.3 is 19.9 Å². The lowest BCUT2D eigenvalue weighted by atomic mass is 9.85. The number of amides is 1. The fourth-order valence-electron chi connectivity index (χ4n) is 1.94. The second kappa shape index (κ2) is 5.22. The number of para-hydroxylation sites is 2. The minimum Gasteiger partial charge on any atom is -0.482 e. The van der Waals surface area contributed by atoms with Gasteiger partial charge in [0.2, 0.25) is 6.10 Å². The maximum Gasteiger partial charge on any atom is 0.265 e. The molecule has 5 heteroatoms. The third-order valence-corrected chi connectivity index (χ3v) is 4.07. The smallest absolute Gasteiger partial charge is 0.265 e. The van der Waals surface area contributed by atoms with E-state index in [0.29, 0.717) is 11.5 Å². The van der Waals surface area contributed by atoms with Crippen molar-refractivity contribution in [3.63, 3.8) is 0 Å². The maximum absolute atomic E-state index is 12.5. The molecule has 0 aliphatic carbocycles. The Balaban J connectivity index is 2.14. The zero-order valence-electron chi connectivity index (χ0n) is 13.1. The average Bonchev–Trinajstić information content (AvgIpc) is 2.35. The average molecular weight is 293 g/mol. The van der Waals surface area contributed by atoms with Crippen molar-refractivity contribution in [3.05, 3.63) is 24.3 Å². The number of fused-ring (bicyclic) bond motifs is 1. The van der Waals surface area contributed by atoms with E-state index in [1.165, 1.54) is 0 Å². The molecule has 1 heterocycles. The number of carbonyl (C=O) groups is 1. The molecule has 1 aliphatic rings. The van der Waals surface area contributed by atoms with Crippen LogP contribution in [-0.2, 0) is 4.79 Å². The molecule has 5 nitrogen and oxygen atoms in total. The Bertz CT molecular complexity index is 533. The molecule has 2 N–H and O–H groups in total. The number of hydrogen-bond acceptors (Lipinski definition) is 4. The first-order valence-electron chi connectivity index (χ1n) is 7.08. The molecule has 2 unspecified atom stereocenters. The normalized spacial score (nSPS) is 21.8. The molecule has 2 rings (SSSR count). The zero-order valence-corrected chi connectivity index (χ0v) is 13.1. The van der Waals surface area contributed by atoms with Crippen molar-refractivity contribution in [2.24, 2.45) is 0 Å². The Morgan fingerprint density at radius 2 is 1.67 bits per heavy atom.